The number of aromatic nitrogens is 1. The highest BCUT2D eigenvalue weighted by Gasteiger charge is 2.19. The summed E-state index contributed by atoms with van der Waals surface area (Å²) in [6, 6.07) is 19.8. The molecule has 138 valence electrons. The van der Waals surface area contributed by atoms with Crippen LogP contribution >= 0.6 is 0 Å². The summed E-state index contributed by atoms with van der Waals surface area (Å²) in [5.74, 6) is 1.07. The molecule has 1 aromatic heterocycles. The van der Waals surface area contributed by atoms with Gasteiger partial charge in [0.05, 0.1) is 0 Å². The van der Waals surface area contributed by atoms with Crippen molar-refractivity contribution >= 4 is 22.5 Å². The Morgan fingerprint density at radius 3 is 2.48 bits per heavy atom. The van der Waals surface area contributed by atoms with Gasteiger partial charge in [0.1, 0.15) is 5.82 Å². The van der Waals surface area contributed by atoms with Gasteiger partial charge in [0, 0.05) is 56.4 Å². The molecule has 0 radical (unpaired) electrons. The molecular weight excluding hydrogens is 336 g/mol. The summed E-state index contributed by atoms with van der Waals surface area (Å²) < 4.78 is 0. The molecule has 1 amide bonds. The summed E-state index contributed by atoms with van der Waals surface area (Å²) >= 11 is 0. The van der Waals surface area contributed by atoms with Crippen molar-refractivity contribution in [3.05, 3.63) is 72.4 Å². The number of nitrogens with zero attached hydrogens (tertiary/aromatic N) is 3. The van der Waals surface area contributed by atoms with E-state index in [0.29, 0.717) is 12.1 Å². The van der Waals surface area contributed by atoms with Crippen LogP contribution in [0.15, 0.2) is 66.9 Å². The monoisotopic (exact) mass is 360 g/mol. The first-order chi connectivity index (χ1) is 13.3. The van der Waals surface area contributed by atoms with Crippen LogP contribution in [0.5, 0.6) is 0 Å². The van der Waals surface area contributed by atoms with Crippen LogP contribution in [0.4, 0.5) is 5.82 Å². The minimum absolute atomic E-state index is 0.00538. The Kier molecular flexibility index (Phi) is 5.30. The molecule has 1 saturated heterocycles. The lowest BCUT2D eigenvalue weighted by Crippen LogP contribution is -2.48. The second-order valence-corrected chi connectivity index (χ2v) is 6.81. The van der Waals surface area contributed by atoms with Gasteiger partial charge in [-0.2, -0.15) is 0 Å². The van der Waals surface area contributed by atoms with Crippen molar-refractivity contribution in [2.24, 2.45) is 0 Å². The Morgan fingerprint density at radius 2 is 1.67 bits per heavy atom. The maximum Gasteiger partial charge on any atom is 0.251 e. The predicted molar refractivity (Wildman–Crippen MR) is 109 cm³/mol. The molecule has 2 aromatic carbocycles. The fourth-order valence-corrected chi connectivity index (χ4v) is 3.56. The van der Waals surface area contributed by atoms with Crippen molar-refractivity contribution in [3.63, 3.8) is 0 Å². The zero-order chi connectivity index (χ0) is 18.5. The van der Waals surface area contributed by atoms with Crippen LogP contribution in [0.3, 0.4) is 0 Å². The van der Waals surface area contributed by atoms with Crippen molar-refractivity contribution < 1.29 is 4.79 Å². The molecule has 0 spiro atoms. The zero-order valence-corrected chi connectivity index (χ0v) is 15.3. The predicted octanol–water partition coefficient (Wildman–Crippen LogP) is 2.79. The standard InChI is InChI=1S/C22H24N4O/c27-22(19-7-2-1-3-8-19)24-12-13-25-14-16-26(17-15-25)21-20-9-5-4-6-18(20)10-11-23-21/h1-11H,12-17H2,(H,24,27). The van der Waals surface area contributed by atoms with E-state index in [2.05, 4.69) is 50.4 Å². The van der Waals surface area contributed by atoms with Crippen molar-refractivity contribution in [3.8, 4) is 0 Å². The Hall–Kier alpha value is -2.92. The Bertz CT molecular complexity index is 899. The van der Waals surface area contributed by atoms with Gasteiger partial charge < -0.3 is 10.2 Å². The molecule has 1 aliphatic rings. The van der Waals surface area contributed by atoms with Crippen molar-refractivity contribution in [1.29, 1.82) is 0 Å². The number of nitrogens with one attached hydrogen (secondary N) is 1. The summed E-state index contributed by atoms with van der Waals surface area (Å²) in [4.78, 5) is 21.5. The van der Waals surface area contributed by atoms with Crippen LogP contribution in [0.2, 0.25) is 0 Å². The minimum atomic E-state index is -0.00538. The number of hydrogen-bond acceptors (Lipinski definition) is 4. The van der Waals surface area contributed by atoms with Crippen LogP contribution in [0.25, 0.3) is 10.8 Å². The number of rotatable bonds is 5. The maximum atomic E-state index is 12.1. The van der Waals surface area contributed by atoms with Gasteiger partial charge >= 0.3 is 0 Å². The molecular formula is C22H24N4O. The molecule has 3 aromatic rings. The van der Waals surface area contributed by atoms with Crippen LogP contribution in [-0.2, 0) is 0 Å². The molecule has 0 atom stereocenters. The van der Waals surface area contributed by atoms with E-state index in [1.54, 1.807) is 0 Å². The lowest BCUT2D eigenvalue weighted by atomic mass is 10.1. The average Bonchev–Trinajstić information content (AvgIpc) is 2.74. The summed E-state index contributed by atoms with van der Waals surface area (Å²) in [6.45, 7) is 5.40. The quantitative estimate of drug-likeness (QED) is 0.760. The first-order valence-electron chi connectivity index (χ1n) is 9.45. The first kappa shape index (κ1) is 17.5. The molecule has 0 bridgehead atoms. The van der Waals surface area contributed by atoms with Crippen molar-refractivity contribution in [2.75, 3.05) is 44.2 Å². The van der Waals surface area contributed by atoms with E-state index in [9.17, 15) is 4.79 Å². The lowest BCUT2D eigenvalue weighted by molar-refractivity contribution is 0.0948. The van der Waals surface area contributed by atoms with Gasteiger partial charge in [0.25, 0.3) is 5.91 Å². The summed E-state index contributed by atoms with van der Waals surface area (Å²) in [6.07, 6.45) is 1.89. The van der Waals surface area contributed by atoms with E-state index in [1.165, 1.54) is 10.8 Å². The molecule has 1 fully saturated rings. The van der Waals surface area contributed by atoms with Crippen LogP contribution in [-0.4, -0.2) is 55.1 Å². The van der Waals surface area contributed by atoms with Gasteiger partial charge in [-0.05, 0) is 23.6 Å². The van der Waals surface area contributed by atoms with Crippen LogP contribution in [0, 0.1) is 0 Å². The van der Waals surface area contributed by atoms with Crippen molar-refractivity contribution in [1.82, 2.24) is 15.2 Å². The van der Waals surface area contributed by atoms with E-state index in [1.807, 2.05) is 36.5 Å². The molecule has 27 heavy (non-hydrogen) atoms. The first-order valence-corrected chi connectivity index (χ1v) is 9.45. The molecule has 5 heteroatoms. The Morgan fingerprint density at radius 1 is 0.926 bits per heavy atom. The van der Waals surface area contributed by atoms with Gasteiger partial charge in [-0.25, -0.2) is 4.98 Å². The molecule has 1 N–H and O–H groups in total. The number of carbonyl (C=O) groups is 1. The third kappa shape index (κ3) is 4.09. The number of carbonyl (C=O) groups excluding carboxylic acids is 1. The van der Waals surface area contributed by atoms with Crippen LogP contribution in [0.1, 0.15) is 10.4 Å². The van der Waals surface area contributed by atoms with Gasteiger partial charge in [-0.15, -0.1) is 0 Å². The largest absolute Gasteiger partial charge is 0.354 e. The third-order valence-corrected chi connectivity index (χ3v) is 5.07. The molecule has 0 saturated carbocycles. The molecule has 5 nitrogen and oxygen atoms in total. The van der Waals surface area contributed by atoms with Gasteiger partial charge in [0.15, 0.2) is 0 Å². The lowest BCUT2D eigenvalue weighted by Gasteiger charge is -2.35. The Balaban J connectivity index is 1.28. The summed E-state index contributed by atoms with van der Waals surface area (Å²) in [5.41, 5.74) is 0.712. The molecule has 0 aliphatic carbocycles. The number of hydrogen-bond donors (Lipinski definition) is 1. The number of pyridine rings is 1. The van der Waals surface area contributed by atoms with Crippen LogP contribution < -0.4 is 10.2 Å². The highest BCUT2D eigenvalue weighted by molar-refractivity contribution is 5.94. The topological polar surface area (TPSA) is 48.5 Å². The van der Waals surface area contributed by atoms with E-state index in [-0.39, 0.29) is 5.91 Å². The number of amides is 1. The fraction of sp³-hybridized carbons (Fsp3) is 0.273. The van der Waals surface area contributed by atoms with Gasteiger partial charge in [0.2, 0.25) is 0 Å². The molecule has 0 unspecified atom stereocenters. The van der Waals surface area contributed by atoms with E-state index in [0.717, 1.165) is 38.5 Å². The van der Waals surface area contributed by atoms with Gasteiger partial charge in [-0.1, -0.05) is 42.5 Å². The molecule has 2 heterocycles. The number of fused-ring (bicyclic) bond motifs is 1. The second-order valence-electron chi connectivity index (χ2n) is 6.81. The summed E-state index contributed by atoms with van der Waals surface area (Å²) in [5, 5.41) is 5.45. The number of anilines is 1. The summed E-state index contributed by atoms with van der Waals surface area (Å²) in [7, 11) is 0. The number of benzene rings is 2. The smallest absolute Gasteiger partial charge is 0.251 e. The van der Waals surface area contributed by atoms with E-state index in [4.69, 9.17) is 0 Å². The normalized spacial score (nSPS) is 15.0. The minimum Gasteiger partial charge on any atom is -0.354 e. The van der Waals surface area contributed by atoms with E-state index < -0.39 is 0 Å². The highest BCUT2D eigenvalue weighted by atomic mass is 16.1. The van der Waals surface area contributed by atoms with Crippen molar-refractivity contribution in [2.45, 2.75) is 0 Å². The van der Waals surface area contributed by atoms with E-state index >= 15 is 0 Å². The highest BCUT2D eigenvalue weighted by Crippen LogP contribution is 2.24. The maximum absolute atomic E-state index is 12.1. The SMILES string of the molecule is O=C(NCCN1CCN(c2nccc3ccccc23)CC1)c1ccccc1. The van der Waals surface area contributed by atoms with Gasteiger partial charge in [-0.3, -0.25) is 9.69 Å². The second kappa shape index (κ2) is 8.18. The zero-order valence-electron chi connectivity index (χ0n) is 15.3. The molecule has 4 rings (SSSR count). The third-order valence-electron chi connectivity index (χ3n) is 5.07. The molecule has 1 aliphatic heterocycles. The average molecular weight is 360 g/mol. The Labute approximate surface area is 159 Å². The fourth-order valence-electron chi connectivity index (χ4n) is 3.56. The number of piperazine rings is 1.